The maximum Gasteiger partial charge on any atom is 0.328 e. The van der Waals surface area contributed by atoms with Gasteiger partial charge in [0.05, 0.1) is 5.69 Å². The van der Waals surface area contributed by atoms with E-state index in [1.807, 2.05) is 36.6 Å². The number of aliphatic carboxylic acids is 1. The monoisotopic (exact) mass is 288 g/mol. The van der Waals surface area contributed by atoms with Crippen LogP contribution < -0.4 is 5.32 Å². The second-order valence-electron chi connectivity index (χ2n) is 4.06. The van der Waals surface area contributed by atoms with Gasteiger partial charge in [0.2, 0.25) is 5.91 Å². The fourth-order valence-electron chi connectivity index (χ4n) is 1.48. The van der Waals surface area contributed by atoms with E-state index in [1.54, 1.807) is 0 Å². The number of amides is 1. The van der Waals surface area contributed by atoms with Crippen LogP contribution in [0.4, 0.5) is 5.13 Å². The summed E-state index contributed by atoms with van der Waals surface area (Å²) in [7, 11) is 0. The second kappa shape index (κ2) is 6.12. The Morgan fingerprint density at radius 1 is 1.25 bits per heavy atom. The topological polar surface area (TPSA) is 79.3 Å². The van der Waals surface area contributed by atoms with E-state index >= 15 is 0 Å². The minimum absolute atomic E-state index is 0.431. The number of rotatable bonds is 4. The molecule has 102 valence electrons. The highest BCUT2D eigenvalue weighted by atomic mass is 32.1. The van der Waals surface area contributed by atoms with Crippen molar-refractivity contribution in [2.75, 3.05) is 5.32 Å². The summed E-state index contributed by atoms with van der Waals surface area (Å²) in [5.41, 5.74) is 2.90. The zero-order valence-corrected chi connectivity index (χ0v) is 11.5. The van der Waals surface area contributed by atoms with Crippen LogP contribution in [-0.2, 0) is 9.59 Å². The van der Waals surface area contributed by atoms with Gasteiger partial charge in [-0.05, 0) is 6.92 Å². The molecular formula is C14H12N2O3S. The number of aromatic nitrogens is 1. The van der Waals surface area contributed by atoms with E-state index in [2.05, 4.69) is 10.3 Å². The van der Waals surface area contributed by atoms with Crippen molar-refractivity contribution in [1.29, 1.82) is 0 Å². The van der Waals surface area contributed by atoms with Crippen LogP contribution in [0.1, 0.15) is 5.56 Å². The van der Waals surface area contributed by atoms with Crippen LogP contribution in [0.2, 0.25) is 0 Å². The van der Waals surface area contributed by atoms with Gasteiger partial charge in [0, 0.05) is 23.1 Å². The van der Waals surface area contributed by atoms with E-state index in [-0.39, 0.29) is 0 Å². The summed E-state index contributed by atoms with van der Waals surface area (Å²) >= 11 is 1.29. The van der Waals surface area contributed by atoms with Crippen LogP contribution >= 0.6 is 11.3 Å². The average molecular weight is 288 g/mol. The number of carboxylic acids is 1. The number of aryl methyl sites for hydroxylation is 1. The highest BCUT2D eigenvalue weighted by Gasteiger charge is 2.06. The van der Waals surface area contributed by atoms with E-state index in [9.17, 15) is 9.59 Å². The first-order chi connectivity index (χ1) is 9.54. The fraction of sp³-hybridized carbons (Fsp3) is 0.0714. The number of carbonyl (C=O) groups excluding carboxylic acids is 1. The molecule has 5 nitrogen and oxygen atoms in total. The molecule has 1 aromatic heterocycles. The lowest BCUT2D eigenvalue weighted by atomic mass is 10.1. The Labute approximate surface area is 119 Å². The number of anilines is 1. The number of nitrogens with zero attached hydrogens (tertiary/aromatic N) is 1. The average Bonchev–Trinajstić information content (AvgIpc) is 2.85. The summed E-state index contributed by atoms with van der Waals surface area (Å²) in [6.07, 6.45) is 1.74. The molecule has 0 unspecified atom stereocenters. The summed E-state index contributed by atoms with van der Waals surface area (Å²) in [6.45, 7) is 2.01. The van der Waals surface area contributed by atoms with Gasteiger partial charge in [-0.3, -0.25) is 10.1 Å². The second-order valence-corrected chi connectivity index (χ2v) is 4.92. The Kier molecular flexibility index (Phi) is 4.27. The van der Waals surface area contributed by atoms with Gasteiger partial charge < -0.3 is 5.11 Å². The van der Waals surface area contributed by atoms with Crippen molar-refractivity contribution in [3.05, 3.63) is 47.4 Å². The van der Waals surface area contributed by atoms with Crippen molar-refractivity contribution >= 4 is 28.3 Å². The normalized spacial score (nSPS) is 10.7. The molecule has 0 saturated carbocycles. The van der Waals surface area contributed by atoms with E-state index in [1.165, 1.54) is 11.3 Å². The van der Waals surface area contributed by atoms with Crippen LogP contribution in [0.3, 0.4) is 0 Å². The molecule has 0 atom stereocenters. The Balaban J connectivity index is 2.07. The van der Waals surface area contributed by atoms with Crippen LogP contribution in [0.25, 0.3) is 11.3 Å². The standard InChI is InChI=1S/C14H12N2O3S/c1-9-2-4-10(5-3-9)11-8-20-14(15-11)16-12(17)6-7-13(18)19/h2-8H,1H3,(H,18,19)(H,15,16,17)/b7-6+. The van der Waals surface area contributed by atoms with Gasteiger partial charge in [-0.2, -0.15) is 0 Å². The zero-order valence-electron chi connectivity index (χ0n) is 10.7. The van der Waals surface area contributed by atoms with Crippen molar-refractivity contribution in [3.63, 3.8) is 0 Å². The molecule has 2 aromatic rings. The Morgan fingerprint density at radius 3 is 2.60 bits per heavy atom. The Bertz CT molecular complexity index is 659. The first-order valence-electron chi connectivity index (χ1n) is 5.79. The van der Waals surface area contributed by atoms with E-state index in [4.69, 9.17) is 5.11 Å². The lowest BCUT2D eigenvalue weighted by Crippen LogP contribution is -2.08. The first kappa shape index (κ1) is 14.0. The van der Waals surface area contributed by atoms with Gasteiger partial charge in [-0.15, -0.1) is 11.3 Å². The van der Waals surface area contributed by atoms with Crippen molar-refractivity contribution < 1.29 is 14.7 Å². The van der Waals surface area contributed by atoms with Crippen molar-refractivity contribution in [1.82, 2.24) is 4.98 Å². The quantitative estimate of drug-likeness (QED) is 0.848. The van der Waals surface area contributed by atoms with Gasteiger partial charge in [-0.25, -0.2) is 9.78 Å². The fourth-order valence-corrected chi connectivity index (χ4v) is 2.20. The van der Waals surface area contributed by atoms with Crippen molar-refractivity contribution in [3.8, 4) is 11.3 Å². The molecule has 6 heteroatoms. The molecule has 1 heterocycles. The largest absolute Gasteiger partial charge is 0.478 e. The van der Waals surface area contributed by atoms with Gasteiger partial charge in [0.1, 0.15) is 0 Å². The molecule has 0 bridgehead atoms. The molecule has 20 heavy (non-hydrogen) atoms. The summed E-state index contributed by atoms with van der Waals surface area (Å²) in [5.74, 6) is -1.68. The molecule has 0 fully saturated rings. The third-order valence-corrected chi connectivity index (χ3v) is 3.22. The lowest BCUT2D eigenvalue weighted by Gasteiger charge is -1.97. The van der Waals surface area contributed by atoms with Crippen molar-refractivity contribution in [2.24, 2.45) is 0 Å². The number of hydrogen-bond donors (Lipinski definition) is 2. The third kappa shape index (κ3) is 3.76. The molecule has 0 radical (unpaired) electrons. The van der Waals surface area contributed by atoms with Gasteiger partial charge in [0.15, 0.2) is 5.13 Å². The number of hydrogen-bond acceptors (Lipinski definition) is 4. The lowest BCUT2D eigenvalue weighted by molar-refractivity contribution is -0.131. The zero-order chi connectivity index (χ0) is 14.5. The van der Waals surface area contributed by atoms with E-state index in [0.29, 0.717) is 5.13 Å². The predicted molar refractivity (Wildman–Crippen MR) is 77.7 cm³/mol. The van der Waals surface area contributed by atoms with Gasteiger partial charge in [0.25, 0.3) is 0 Å². The smallest absolute Gasteiger partial charge is 0.328 e. The van der Waals surface area contributed by atoms with Gasteiger partial charge >= 0.3 is 5.97 Å². The van der Waals surface area contributed by atoms with Crippen LogP contribution in [0.5, 0.6) is 0 Å². The van der Waals surface area contributed by atoms with E-state index < -0.39 is 11.9 Å². The molecule has 0 aliphatic rings. The maximum atomic E-state index is 11.4. The van der Waals surface area contributed by atoms with E-state index in [0.717, 1.165) is 29.0 Å². The first-order valence-corrected chi connectivity index (χ1v) is 6.67. The Morgan fingerprint density at radius 2 is 1.95 bits per heavy atom. The molecular weight excluding hydrogens is 276 g/mol. The SMILES string of the molecule is Cc1ccc(-c2csc(NC(=O)/C=C/C(=O)O)n2)cc1. The molecule has 0 aliphatic heterocycles. The highest BCUT2D eigenvalue weighted by Crippen LogP contribution is 2.24. The molecule has 2 rings (SSSR count). The summed E-state index contributed by atoms with van der Waals surface area (Å²) in [6, 6.07) is 7.89. The molecule has 2 N–H and O–H groups in total. The summed E-state index contributed by atoms with van der Waals surface area (Å²) in [4.78, 5) is 26.0. The number of carboxylic acid groups (broad SMARTS) is 1. The third-order valence-electron chi connectivity index (χ3n) is 2.46. The maximum absolute atomic E-state index is 11.4. The van der Waals surface area contributed by atoms with Crippen molar-refractivity contribution in [2.45, 2.75) is 6.92 Å². The van der Waals surface area contributed by atoms with Crippen LogP contribution in [0, 0.1) is 6.92 Å². The predicted octanol–water partition coefficient (Wildman–Crippen LogP) is 2.70. The molecule has 1 amide bonds. The summed E-state index contributed by atoms with van der Waals surface area (Å²) < 4.78 is 0. The minimum Gasteiger partial charge on any atom is -0.478 e. The number of benzene rings is 1. The molecule has 0 spiro atoms. The Hall–Kier alpha value is -2.47. The van der Waals surface area contributed by atoms with Crippen LogP contribution in [-0.4, -0.2) is 22.0 Å². The molecule has 0 saturated heterocycles. The molecule has 0 aliphatic carbocycles. The van der Waals surface area contributed by atoms with Gasteiger partial charge in [-0.1, -0.05) is 29.8 Å². The number of carbonyl (C=O) groups is 2. The number of thiazole rings is 1. The van der Waals surface area contributed by atoms with Crippen LogP contribution in [0.15, 0.2) is 41.8 Å². The number of nitrogens with one attached hydrogen (secondary N) is 1. The molecule has 1 aromatic carbocycles. The minimum atomic E-state index is -1.17. The highest BCUT2D eigenvalue weighted by molar-refractivity contribution is 7.14. The summed E-state index contributed by atoms with van der Waals surface area (Å²) in [5, 5.41) is 13.2.